The highest BCUT2D eigenvalue weighted by atomic mass is 16.4. The first-order chi connectivity index (χ1) is 9.88. The molecule has 1 saturated carbocycles. The maximum absolute atomic E-state index is 11.7. The van der Waals surface area contributed by atoms with Gasteiger partial charge in [-0.25, -0.2) is 9.59 Å². The molecule has 0 radical (unpaired) electrons. The quantitative estimate of drug-likeness (QED) is 0.556. The fourth-order valence-corrected chi connectivity index (χ4v) is 2.74. The predicted molar refractivity (Wildman–Crippen MR) is 77.5 cm³/mol. The van der Waals surface area contributed by atoms with E-state index in [0.29, 0.717) is 18.4 Å². The van der Waals surface area contributed by atoms with Crippen LogP contribution < -0.4 is 16.4 Å². The van der Waals surface area contributed by atoms with Crippen molar-refractivity contribution in [2.75, 3.05) is 6.54 Å². The average molecular weight is 299 g/mol. The Bertz CT molecular complexity index is 386. The van der Waals surface area contributed by atoms with Crippen LogP contribution in [0.1, 0.15) is 45.4 Å². The Morgan fingerprint density at radius 1 is 1.33 bits per heavy atom. The van der Waals surface area contributed by atoms with Gasteiger partial charge in [-0.1, -0.05) is 19.8 Å². The molecule has 1 aliphatic carbocycles. The third kappa shape index (κ3) is 6.97. The Kier molecular flexibility index (Phi) is 6.98. The number of hydrogen-bond acceptors (Lipinski definition) is 3. The first kappa shape index (κ1) is 17.3. The van der Waals surface area contributed by atoms with Crippen molar-refractivity contribution in [3.8, 4) is 0 Å². The molecule has 1 aliphatic rings. The van der Waals surface area contributed by atoms with E-state index in [4.69, 9.17) is 10.8 Å². The van der Waals surface area contributed by atoms with Gasteiger partial charge in [-0.3, -0.25) is 4.79 Å². The molecule has 3 amide bonds. The Hall–Kier alpha value is -1.79. The summed E-state index contributed by atoms with van der Waals surface area (Å²) in [6.07, 6.45) is 4.51. The van der Waals surface area contributed by atoms with Gasteiger partial charge in [0.15, 0.2) is 0 Å². The van der Waals surface area contributed by atoms with Gasteiger partial charge >= 0.3 is 12.0 Å². The van der Waals surface area contributed by atoms with Crippen molar-refractivity contribution >= 4 is 17.9 Å². The molecule has 0 saturated heterocycles. The van der Waals surface area contributed by atoms with Crippen LogP contribution in [0.3, 0.4) is 0 Å². The summed E-state index contributed by atoms with van der Waals surface area (Å²) in [5, 5.41) is 14.1. The molecule has 3 atom stereocenters. The molecule has 0 aromatic heterocycles. The summed E-state index contributed by atoms with van der Waals surface area (Å²) >= 11 is 0. The predicted octanol–water partition coefficient (Wildman–Crippen LogP) is 0.831. The SMILES string of the molecule is CC1CCCC(CNC(=O)N[C@H](CCC(N)=O)C(=O)O)C1. The topological polar surface area (TPSA) is 122 Å². The molecular weight excluding hydrogens is 274 g/mol. The van der Waals surface area contributed by atoms with Gasteiger partial charge in [0.25, 0.3) is 0 Å². The number of carboxylic acids is 1. The maximum atomic E-state index is 11.7. The summed E-state index contributed by atoms with van der Waals surface area (Å²) in [6.45, 7) is 2.76. The highest BCUT2D eigenvalue weighted by Crippen LogP contribution is 2.27. The summed E-state index contributed by atoms with van der Waals surface area (Å²) in [5.41, 5.74) is 4.98. The van der Waals surface area contributed by atoms with Crippen LogP contribution in [0.2, 0.25) is 0 Å². The molecule has 0 bridgehead atoms. The summed E-state index contributed by atoms with van der Waals surface area (Å²) < 4.78 is 0. The van der Waals surface area contributed by atoms with Crippen LogP contribution >= 0.6 is 0 Å². The lowest BCUT2D eigenvalue weighted by Crippen LogP contribution is -2.47. The van der Waals surface area contributed by atoms with E-state index in [-0.39, 0.29) is 12.8 Å². The molecule has 0 aromatic carbocycles. The van der Waals surface area contributed by atoms with Crippen molar-refractivity contribution in [3.05, 3.63) is 0 Å². The first-order valence-electron chi connectivity index (χ1n) is 7.44. The summed E-state index contributed by atoms with van der Waals surface area (Å²) in [7, 11) is 0. The molecule has 0 spiro atoms. The third-order valence-electron chi connectivity index (χ3n) is 3.88. The van der Waals surface area contributed by atoms with E-state index in [9.17, 15) is 14.4 Å². The Labute approximate surface area is 124 Å². The number of amides is 3. The standard InChI is InChI=1S/C14H25N3O4/c1-9-3-2-4-10(7-9)8-16-14(21)17-11(13(19)20)5-6-12(15)18/h9-11H,2-8H2,1H3,(H2,15,18)(H,19,20)(H2,16,17,21)/t9?,10?,11-/m1/s1. The second-order valence-corrected chi connectivity index (χ2v) is 5.89. The van der Waals surface area contributed by atoms with Crippen LogP contribution in [-0.4, -0.2) is 35.6 Å². The third-order valence-corrected chi connectivity index (χ3v) is 3.88. The number of nitrogens with two attached hydrogens (primary N) is 1. The second-order valence-electron chi connectivity index (χ2n) is 5.89. The van der Waals surface area contributed by atoms with Crippen LogP contribution in [0.15, 0.2) is 0 Å². The number of hydrogen-bond donors (Lipinski definition) is 4. The highest BCUT2D eigenvalue weighted by molar-refractivity contribution is 5.83. The minimum atomic E-state index is -1.17. The number of nitrogens with one attached hydrogen (secondary N) is 2. The zero-order valence-corrected chi connectivity index (χ0v) is 12.4. The average Bonchev–Trinajstić information content (AvgIpc) is 2.40. The van der Waals surface area contributed by atoms with Crippen molar-refractivity contribution in [2.24, 2.45) is 17.6 Å². The lowest BCUT2D eigenvalue weighted by molar-refractivity contribution is -0.139. The van der Waals surface area contributed by atoms with Gasteiger partial charge in [-0.2, -0.15) is 0 Å². The smallest absolute Gasteiger partial charge is 0.326 e. The van der Waals surface area contributed by atoms with Crippen LogP contribution in [0, 0.1) is 11.8 Å². The number of primary amides is 1. The first-order valence-corrected chi connectivity index (χ1v) is 7.44. The minimum Gasteiger partial charge on any atom is -0.480 e. The van der Waals surface area contributed by atoms with E-state index in [1.165, 1.54) is 12.8 Å². The normalized spacial score (nSPS) is 23.1. The molecule has 7 nitrogen and oxygen atoms in total. The molecule has 21 heavy (non-hydrogen) atoms. The summed E-state index contributed by atoms with van der Waals surface area (Å²) in [6, 6.07) is -1.60. The van der Waals surface area contributed by atoms with Gasteiger partial charge in [0.1, 0.15) is 6.04 Å². The van der Waals surface area contributed by atoms with E-state index < -0.39 is 23.9 Å². The molecule has 120 valence electrons. The van der Waals surface area contributed by atoms with E-state index in [1.807, 2.05) is 0 Å². The second kappa shape index (κ2) is 8.49. The van der Waals surface area contributed by atoms with Gasteiger partial charge in [-0.05, 0) is 31.1 Å². The van der Waals surface area contributed by atoms with Crippen molar-refractivity contribution < 1.29 is 19.5 Å². The van der Waals surface area contributed by atoms with Gasteiger partial charge in [0.2, 0.25) is 5.91 Å². The van der Waals surface area contributed by atoms with E-state index in [2.05, 4.69) is 17.6 Å². The minimum absolute atomic E-state index is 0.00144. The maximum Gasteiger partial charge on any atom is 0.326 e. The largest absolute Gasteiger partial charge is 0.480 e. The van der Waals surface area contributed by atoms with Gasteiger partial charge in [0, 0.05) is 13.0 Å². The molecular formula is C14H25N3O4. The number of carbonyl (C=O) groups excluding carboxylic acids is 2. The Balaban J connectivity index is 2.32. The lowest BCUT2D eigenvalue weighted by atomic mass is 9.82. The fraction of sp³-hybridized carbons (Fsp3) is 0.786. The molecule has 0 aromatic rings. The fourth-order valence-electron chi connectivity index (χ4n) is 2.74. The van der Waals surface area contributed by atoms with Gasteiger partial charge in [-0.15, -0.1) is 0 Å². The molecule has 7 heteroatoms. The Morgan fingerprint density at radius 2 is 2.05 bits per heavy atom. The molecule has 1 rings (SSSR count). The van der Waals surface area contributed by atoms with Crippen LogP contribution in [0.25, 0.3) is 0 Å². The van der Waals surface area contributed by atoms with Crippen molar-refractivity contribution in [1.29, 1.82) is 0 Å². The molecule has 1 fully saturated rings. The van der Waals surface area contributed by atoms with E-state index in [1.54, 1.807) is 0 Å². The number of rotatable bonds is 7. The number of carbonyl (C=O) groups is 3. The van der Waals surface area contributed by atoms with Crippen molar-refractivity contribution in [2.45, 2.75) is 51.5 Å². The molecule has 0 heterocycles. The van der Waals surface area contributed by atoms with Gasteiger partial charge < -0.3 is 21.5 Å². The van der Waals surface area contributed by atoms with Crippen molar-refractivity contribution in [3.63, 3.8) is 0 Å². The van der Waals surface area contributed by atoms with Crippen LogP contribution in [0.4, 0.5) is 4.79 Å². The van der Waals surface area contributed by atoms with E-state index in [0.717, 1.165) is 12.8 Å². The molecule has 0 aliphatic heterocycles. The highest BCUT2D eigenvalue weighted by Gasteiger charge is 2.22. The number of urea groups is 1. The summed E-state index contributed by atoms with van der Waals surface area (Å²) in [5.74, 6) is -0.623. The van der Waals surface area contributed by atoms with Crippen LogP contribution in [0.5, 0.6) is 0 Å². The molecule has 5 N–H and O–H groups in total. The lowest BCUT2D eigenvalue weighted by Gasteiger charge is -2.27. The zero-order chi connectivity index (χ0) is 15.8. The van der Waals surface area contributed by atoms with E-state index >= 15 is 0 Å². The number of aliphatic carboxylic acids is 1. The summed E-state index contributed by atoms with van der Waals surface area (Å²) in [4.78, 5) is 33.4. The molecule has 2 unspecified atom stereocenters. The van der Waals surface area contributed by atoms with Crippen LogP contribution in [-0.2, 0) is 9.59 Å². The van der Waals surface area contributed by atoms with Crippen molar-refractivity contribution in [1.82, 2.24) is 10.6 Å². The monoisotopic (exact) mass is 299 g/mol. The zero-order valence-electron chi connectivity index (χ0n) is 12.4. The Morgan fingerprint density at radius 3 is 2.62 bits per heavy atom. The number of carboxylic acid groups (broad SMARTS) is 1. The van der Waals surface area contributed by atoms with Gasteiger partial charge in [0.05, 0.1) is 0 Å².